The predicted octanol–water partition coefficient (Wildman–Crippen LogP) is 2.82. The van der Waals surface area contributed by atoms with Crippen LogP contribution in [0.25, 0.3) is 0 Å². The topological polar surface area (TPSA) is 74.7 Å². The minimum atomic E-state index is -3.14. The van der Waals surface area contributed by atoms with Crippen LogP contribution < -0.4 is 0 Å². The molecule has 2 aromatic carbocycles. The third-order valence-electron chi connectivity index (χ3n) is 5.02. The second-order valence-corrected chi connectivity index (χ2v) is 9.40. The molecule has 2 aromatic rings. The van der Waals surface area contributed by atoms with Crippen LogP contribution >= 0.6 is 0 Å². The highest BCUT2D eigenvalue weighted by Crippen LogP contribution is 2.31. The summed E-state index contributed by atoms with van der Waals surface area (Å²) in [5.41, 5.74) is 2.05. The van der Waals surface area contributed by atoms with E-state index >= 15 is 0 Å². The SMILES string of the molecule is CS(=O)(=O)Cc1cccc(C(=O)N2CCC(C(O)c3ccccc3)CC2)c1. The van der Waals surface area contributed by atoms with Crippen molar-refractivity contribution in [1.82, 2.24) is 4.90 Å². The number of nitrogens with zero attached hydrogens (tertiary/aromatic N) is 1. The molecule has 1 heterocycles. The maximum atomic E-state index is 12.8. The van der Waals surface area contributed by atoms with E-state index in [1.54, 1.807) is 29.2 Å². The van der Waals surface area contributed by atoms with Gasteiger partial charge in [-0.15, -0.1) is 0 Å². The fourth-order valence-corrected chi connectivity index (χ4v) is 4.41. The number of aliphatic hydroxyl groups excluding tert-OH is 1. The summed E-state index contributed by atoms with van der Waals surface area (Å²) < 4.78 is 23.0. The largest absolute Gasteiger partial charge is 0.388 e. The molecule has 3 rings (SSSR count). The fourth-order valence-electron chi connectivity index (χ4n) is 3.62. The van der Waals surface area contributed by atoms with Gasteiger partial charge in [-0.05, 0) is 42.0 Å². The summed E-state index contributed by atoms with van der Waals surface area (Å²) in [5.74, 6) is -0.0227. The van der Waals surface area contributed by atoms with Gasteiger partial charge in [0.05, 0.1) is 11.9 Å². The molecule has 0 aromatic heterocycles. The van der Waals surface area contributed by atoms with Crippen molar-refractivity contribution in [2.24, 2.45) is 5.92 Å². The van der Waals surface area contributed by atoms with Crippen LogP contribution in [0.1, 0.15) is 40.4 Å². The van der Waals surface area contributed by atoms with Gasteiger partial charge in [-0.25, -0.2) is 8.42 Å². The van der Waals surface area contributed by atoms with Crippen molar-refractivity contribution in [2.75, 3.05) is 19.3 Å². The van der Waals surface area contributed by atoms with E-state index < -0.39 is 15.9 Å². The summed E-state index contributed by atoms with van der Waals surface area (Å²) in [7, 11) is -3.14. The van der Waals surface area contributed by atoms with Crippen LogP contribution in [0.15, 0.2) is 54.6 Å². The molecular weight excluding hydrogens is 362 g/mol. The first-order valence-corrected chi connectivity index (χ1v) is 11.2. The molecule has 1 saturated heterocycles. The Morgan fingerprint density at radius 1 is 1.11 bits per heavy atom. The van der Waals surface area contributed by atoms with E-state index in [4.69, 9.17) is 0 Å². The number of hydrogen-bond donors (Lipinski definition) is 1. The zero-order chi connectivity index (χ0) is 19.4. The van der Waals surface area contributed by atoms with Crippen LogP contribution in [-0.4, -0.2) is 43.7 Å². The van der Waals surface area contributed by atoms with Gasteiger partial charge in [0.25, 0.3) is 5.91 Å². The number of carbonyl (C=O) groups excluding carboxylic acids is 1. The van der Waals surface area contributed by atoms with Gasteiger partial charge in [0.2, 0.25) is 0 Å². The van der Waals surface area contributed by atoms with Gasteiger partial charge in [0, 0.05) is 24.9 Å². The number of sulfone groups is 1. The van der Waals surface area contributed by atoms with Gasteiger partial charge >= 0.3 is 0 Å². The molecule has 6 heteroatoms. The summed E-state index contributed by atoms with van der Waals surface area (Å²) in [5, 5.41) is 10.6. The Morgan fingerprint density at radius 3 is 2.41 bits per heavy atom. The highest BCUT2D eigenvalue weighted by molar-refractivity contribution is 7.89. The number of aliphatic hydroxyl groups is 1. The van der Waals surface area contributed by atoms with Crippen molar-refractivity contribution >= 4 is 15.7 Å². The highest BCUT2D eigenvalue weighted by atomic mass is 32.2. The van der Waals surface area contributed by atoms with Crippen LogP contribution in [0.2, 0.25) is 0 Å². The molecule has 1 atom stereocenters. The van der Waals surface area contributed by atoms with Gasteiger partial charge in [-0.3, -0.25) is 4.79 Å². The number of rotatable bonds is 5. The number of likely N-dealkylation sites (tertiary alicyclic amines) is 1. The van der Waals surface area contributed by atoms with Gasteiger partial charge < -0.3 is 10.0 Å². The van der Waals surface area contributed by atoms with Crippen molar-refractivity contribution in [3.63, 3.8) is 0 Å². The highest BCUT2D eigenvalue weighted by Gasteiger charge is 2.28. The maximum Gasteiger partial charge on any atom is 0.253 e. The van der Waals surface area contributed by atoms with Crippen LogP contribution in [0.4, 0.5) is 0 Å². The smallest absolute Gasteiger partial charge is 0.253 e. The van der Waals surface area contributed by atoms with Crippen molar-refractivity contribution in [3.05, 3.63) is 71.3 Å². The third-order valence-corrected chi connectivity index (χ3v) is 5.87. The number of amides is 1. The van der Waals surface area contributed by atoms with Crippen LogP contribution in [0, 0.1) is 5.92 Å². The molecule has 1 N–H and O–H groups in total. The Labute approximate surface area is 160 Å². The second-order valence-electron chi connectivity index (χ2n) is 7.26. The lowest BCUT2D eigenvalue weighted by molar-refractivity contribution is 0.0462. The van der Waals surface area contributed by atoms with Crippen LogP contribution in [0.3, 0.4) is 0 Å². The Kier molecular flexibility index (Phi) is 5.97. The molecule has 27 heavy (non-hydrogen) atoms. The van der Waals surface area contributed by atoms with E-state index in [9.17, 15) is 18.3 Å². The lowest BCUT2D eigenvalue weighted by atomic mass is 9.87. The Balaban J connectivity index is 1.62. The molecule has 0 radical (unpaired) electrons. The molecule has 0 saturated carbocycles. The number of benzene rings is 2. The molecule has 1 amide bonds. The van der Waals surface area contributed by atoms with Crippen LogP contribution in [0.5, 0.6) is 0 Å². The molecule has 1 aliphatic rings. The van der Waals surface area contributed by atoms with Crippen molar-refractivity contribution in [2.45, 2.75) is 24.7 Å². The first-order chi connectivity index (χ1) is 12.8. The van der Waals surface area contributed by atoms with Crippen molar-refractivity contribution in [1.29, 1.82) is 0 Å². The Morgan fingerprint density at radius 2 is 1.78 bits per heavy atom. The van der Waals surface area contributed by atoms with E-state index in [2.05, 4.69) is 0 Å². The summed E-state index contributed by atoms with van der Waals surface area (Å²) in [6, 6.07) is 16.4. The summed E-state index contributed by atoms with van der Waals surface area (Å²) >= 11 is 0. The number of hydrogen-bond acceptors (Lipinski definition) is 4. The van der Waals surface area contributed by atoms with E-state index in [0.717, 1.165) is 18.4 Å². The first kappa shape index (κ1) is 19.6. The molecule has 1 aliphatic heterocycles. The second kappa shape index (κ2) is 8.23. The first-order valence-electron chi connectivity index (χ1n) is 9.12. The molecule has 0 aliphatic carbocycles. The van der Waals surface area contributed by atoms with E-state index in [-0.39, 0.29) is 17.6 Å². The van der Waals surface area contributed by atoms with Crippen molar-refractivity contribution in [3.8, 4) is 0 Å². The van der Waals surface area contributed by atoms with Crippen molar-refractivity contribution < 1.29 is 18.3 Å². The standard InChI is InChI=1S/C21H25NO4S/c1-27(25,26)15-16-6-5-9-19(14-16)21(24)22-12-10-18(11-13-22)20(23)17-7-3-2-4-8-17/h2-9,14,18,20,23H,10-13,15H2,1H3. The Hall–Kier alpha value is -2.18. The minimum Gasteiger partial charge on any atom is -0.388 e. The van der Waals surface area contributed by atoms with E-state index in [0.29, 0.717) is 24.2 Å². The molecule has 1 fully saturated rings. The average Bonchev–Trinajstić information content (AvgIpc) is 2.66. The maximum absolute atomic E-state index is 12.8. The fraction of sp³-hybridized carbons (Fsp3) is 0.381. The number of piperidine rings is 1. The molecule has 144 valence electrons. The monoisotopic (exact) mass is 387 g/mol. The molecule has 0 spiro atoms. The summed E-state index contributed by atoms with van der Waals surface area (Å²) in [4.78, 5) is 14.6. The molecule has 0 bridgehead atoms. The zero-order valence-corrected chi connectivity index (χ0v) is 16.2. The van der Waals surface area contributed by atoms with E-state index in [1.165, 1.54) is 6.26 Å². The average molecular weight is 388 g/mol. The lowest BCUT2D eigenvalue weighted by Crippen LogP contribution is -2.39. The zero-order valence-electron chi connectivity index (χ0n) is 15.4. The number of carbonyl (C=O) groups is 1. The van der Waals surface area contributed by atoms with Gasteiger partial charge in [-0.1, -0.05) is 42.5 Å². The van der Waals surface area contributed by atoms with Gasteiger partial charge in [0.15, 0.2) is 9.84 Å². The molecular formula is C21H25NO4S. The Bertz CT molecular complexity index is 887. The van der Waals surface area contributed by atoms with Crippen LogP contribution in [-0.2, 0) is 15.6 Å². The lowest BCUT2D eigenvalue weighted by Gasteiger charge is -2.34. The van der Waals surface area contributed by atoms with Gasteiger partial charge in [0.1, 0.15) is 0 Å². The normalized spacial score (nSPS) is 16.9. The summed E-state index contributed by atoms with van der Waals surface area (Å²) in [6.07, 6.45) is 2.15. The summed E-state index contributed by atoms with van der Waals surface area (Å²) in [6.45, 7) is 1.17. The predicted molar refractivity (Wildman–Crippen MR) is 105 cm³/mol. The third kappa shape index (κ3) is 5.17. The molecule has 5 nitrogen and oxygen atoms in total. The molecule has 1 unspecified atom stereocenters. The van der Waals surface area contributed by atoms with Gasteiger partial charge in [-0.2, -0.15) is 0 Å². The quantitative estimate of drug-likeness (QED) is 0.856. The van der Waals surface area contributed by atoms with E-state index in [1.807, 2.05) is 30.3 Å². The minimum absolute atomic E-state index is 0.0700.